The summed E-state index contributed by atoms with van der Waals surface area (Å²) >= 11 is 0. The lowest BCUT2D eigenvalue weighted by molar-refractivity contribution is -0.142. The zero-order valence-electron chi connectivity index (χ0n) is 13.3. The number of nitrogens with zero attached hydrogens (tertiary/aromatic N) is 1. The summed E-state index contributed by atoms with van der Waals surface area (Å²) in [6, 6.07) is 4.24. The lowest BCUT2D eigenvalue weighted by atomic mass is 9.88. The van der Waals surface area contributed by atoms with E-state index < -0.39 is 29.0 Å². The largest absolute Gasteiger partial charge is 0.469 e. The highest BCUT2D eigenvalue weighted by Crippen LogP contribution is 2.25. The van der Waals surface area contributed by atoms with Crippen LogP contribution in [0.4, 0.5) is 8.78 Å². The lowest BCUT2D eigenvalue weighted by Gasteiger charge is -2.42. The van der Waals surface area contributed by atoms with Crippen LogP contribution < -0.4 is 10.6 Å². The monoisotopic (exact) mass is 351 g/mol. The standard InChI is InChI=1S/C16H15F2N3O4/c1-24-14(22)6-16(7-19-8-16)20-15(23)12-5-13(25-21-12)10-3-2-9(17)4-11(10)18/h2-5,19H,6-8H2,1H3,(H,20,23). The van der Waals surface area contributed by atoms with E-state index in [9.17, 15) is 18.4 Å². The second kappa shape index (κ2) is 6.60. The Morgan fingerprint density at radius 2 is 2.12 bits per heavy atom. The minimum Gasteiger partial charge on any atom is -0.469 e. The molecule has 1 aromatic heterocycles. The van der Waals surface area contributed by atoms with Gasteiger partial charge in [0.2, 0.25) is 0 Å². The fourth-order valence-electron chi connectivity index (χ4n) is 2.54. The Bertz CT molecular complexity index is 817. The Kier molecular flexibility index (Phi) is 4.49. The third kappa shape index (κ3) is 3.50. The molecular weight excluding hydrogens is 336 g/mol. The molecular formula is C16H15F2N3O4. The van der Waals surface area contributed by atoms with E-state index in [2.05, 4.69) is 20.5 Å². The van der Waals surface area contributed by atoms with Crippen molar-refractivity contribution in [3.63, 3.8) is 0 Å². The Labute approximate surface area is 141 Å². The highest BCUT2D eigenvalue weighted by atomic mass is 19.1. The third-order valence-corrected chi connectivity index (χ3v) is 3.96. The van der Waals surface area contributed by atoms with Crippen LogP contribution in [-0.2, 0) is 9.53 Å². The van der Waals surface area contributed by atoms with E-state index >= 15 is 0 Å². The Morgan fingerprint density at radius 3 is 2.72 bits per heavy atom. The number of aromatic nitrogens is 1. The second-order valence-electron chi connectivity index (χ2n) is 5.79. The maximum absolute atomic E-state index is 13.8. The molecule has 1 amide bonds. The number of esters is 1. The van der Waals surface area contributed by atoms with Crippen LogP contribution in [0.5, 0.6) is 0 Å². The minimum absolute atomic E-state index is 0.00333. The maximum Gasteiger partial charge on any atom is 0.307 e. The Hall–Kier alpha value is -2.81. The van der Waals surface area contributed by atoms with Gasteiger partial charge in [-0.25, -0.2) is 8.78 Å². The minimum atomic E-state index is -0.825. The summed E-state index contributed by atoms with van der Waals surface area (Å²) in [6.45, 7) is 0.816. The first kappa shape index (κ1) is 17.0. The molecule has 0 saturated carbocycles. The van der Waals surface area contributed by atoms with Crippen molar-refractivity contribution < 1.29 is 27.6 Å². The van der Waals surface area contributed by atoms with Crippen molar-refractivity contribution in [3.05, 3.63) is 41.6 Å². The van der Waals surface area contributed by atoms with Crippen LogP contribution in [0.25, 0.3) is 11.3 Å². The highest BCUT2D eigenvalue weighted by Gasteiger charge is 2.41. The normalized spacial score (nSPS) is 15.3. The zero-order valence-corrected chi connectivity index (χ0v) is 13.3. The van der Waals surface area contributed by atoms with Gasteiger partial charge in [0.15, 0.2) is 11.5 Å². The van der Waals surface area contributed by atoms with Crippen LogP contribution in [-0.4, -0.2) is 42.8 Å². The fraction of sp³-hybridized carbons (Fsp3) is 0.312. The second-order valence-corrected chi connectivity index (χ2v) is 5.79. The molecule has 0 radical (unpaired) electrons. The number of ether oxygens (including phenoxy) is 1. The van der Waals surface area contributed by atoms with Gasteiger partial charge in [0, 0.05) is 25.2 Å². The lowest BCUT2D eigenvalue weighted by Crippen LogP contribution is -2.69. The van der Waals surface area contributed by atoms with Crippen LogP contribution in [0, 0.1) is 11.6 Å². The van der Waals surface area contributed by atoms with E-state index in [-0.39, 0.29) is 23.4 Å². The summed E-state index contributed by atoms with van der Waals surface area (Å²) in [5, 5.41) is 9.32. The number of nitrogens with one attached hydrogen (secondary N) is 2. The van der Waals surface area contributed by atoms with Crippen LogP contribution in [0.1, 0.15) is 16.9 Å². The van der Waals surface area contributed by atoms with Gasteiger partial charge in [-0.1, -0.05) is 5.16 Å². The molecule has 3 rings (SSSR count). The Morgan fingerprint density at radius 1 is 1.36 bits per heavy atom. The molecule has 1 aliphatic heterocycles. The van der Waals surface area contributed by atoms with Gasteiger partial charge >= 0.3 is 5.97 Å². The van der Waals surface area contributed by atoms with Gasteiger partial charge < -0.3 is 19.9 Å². The summed E-state index contributed by atoms with van der Waals surface area (Å²) in [6.07, 6.45) is 0.0134. The zero-order chi connectivity index (χ0) is 18.0. The molecule has 7 nitrogen and oxygen atoms in total. The molecule has 0 atom stereocenters. The Balaban J connectivity index is 1.75. The molecule has 0 aliphatic carbocycles. The molecule has 2 heterocycles. The van der Waals surface area contributed by atoms with Gasteiger partial charge in [0.05, 0.1) is 24.6 Å². The fourth-order valence-corrected chi connectivity index (χ4v) is 2.54. The van der Waals surface area contributed by atoms with E-state index in [1.807, 2.05) is 0 Å². The van der Waals surface area contributed by atoms with E-state index in [1.54, 1.807) is 0 Å². The van der Waals surface area contributed by atoms with Crippen molar-refractivity contribution >= 4 is 11.9 Å². The SMILES string of the molecule is COC(=O)CC1(NC(=O)c2cc(-c3ccc(F)cc3F)on2)CNC1. The van der Waals surface area contributed by atoms with E-state index in [4.69, 9.17) is 4.52 Å². The summed E-state index contributed by atoms with van der Waals surface area (Å²) in [5.41, 5.74) is -0.845. The highest BCUT2D eigenvalue weighted by molar-refractivity contribution is 5.94. The molecule has 132 valence electrons. The number of halogens is 2. The summed E-state index contributed by atoms with van der Waals surface area (Å²) in [5.74, 6) is -2.57. The maximum atomic E-state index is 13.8. The van der Waals surface area contributed by atoms with Crippen LogP contribution in [0.15, 0.2) is 28.8 Å². The van der Waals surface area contributed by atoms with E-state index in [0.29, 0.717) is 19.2 Å². The van der Waals surface area contributed by atoms with Gasteiger partial charge in [0.25, 0.3) is 5.91 Å². The predicted octanol–water partition coefficient (Wildman–Crippen LogP) is 1.25. The number of hydrogen-bond donors (Lipinski definition) is 2. The average molecular weight is 351 g/mol. The number of methoxy groups -OCH3 is 1. The number of benzene rings is 1. The first-order valence-electron chi connectivity index (χ1n) is 7.45. The number of carbonyl (C=O) groups is 2. The van der Waals surface area contributed by atoms with Gasteiger partial charge in [-0.15, -0.1) is 0 Å². The molecule has 0 unspecified atom stereocenters. The summed E-state index contributed by atoms with van der Waals surface area (Å²) in [4.78, 5) is 23.8. The summed E-state index contributed by atoms with van der Waals surface area (Å²) < 4.78 is 36.4. The molecule has 1 fully saturated rings. The van der Waals surface area contributed by atoms with Crippen molar-refractivity contribution in [2.45, 2.75) is 12.0 Å². The van der Waals surface area contributed by atoms with Crippen LogP contribution in [0.3, 0.4) is 0 Å². The molecule has 0 bridgehead atoms. The van der Waals surface area contributed by atoms with E-state index in [1.165, 1.54) is 19.2 Å². The van der Waals surface area contributed by atoms with Gasteiger partial charge in [0.1, 0.15) is 11.6 Å². The van der Waals surface area contributed by atoms with Gasteiger partial charge in [-0.2, -0.15) is 0 Å². The van der Waals surface area contributed by atoms with Crippen molar-refractivity contribution in [2.24, 2.45) is 0 Å². The molecule has 2 aromatic rings. The molecule has 1 saturated heterocycles. The first-order chi connectivity index (χ1) is 11.9. The molecule has 0 spiro atoms. The molecule has 1 aromatic carbocycles. The number of rotatable bonds is 5. The van der Waals surface area contributed by atoms with Gasteiger partial charge in [-0.05, 0) is 12.1 Å². The van der Waals surface area contributed by atoms with Gasteiger partial charge in [-0.3, -0.25) is 9.59 Å². The van der Waals surface area contributed by atoms with E-state index in [0.717, 1.165) is 6.07 Å². The molecule has 25 heavy (non-hydrogen) atoms. The van der Waals surface area contributed by atoms with Crippen molar-refractivity contribution in [1.29, 1.82) is 0 Å². The van der Waals surface area contributed by atoms with Crippen LogP contribution in [0.2, 0.25) is 0 Å². The smallest absolute Gasteiger partial charge is 0.307 e. The third-order valence-electron chi connectivity index (χ3n) is 3.96. The van der Waals surface area contributed by atoms with Crippen LogP contribution >= 0.6 is 0 Å². The topological polar surface area (TPSA) is 93.5 Å². The van der Waals surface area contributed by atoms with Crippen molar-refractivity contribution in [2.75, 3.05) is 20.2 Å². The predicted molar refractivity (Wildman–Crippen MR) is 81.6 cm³/mol. The molecule has 2 N–H and O–H groups in total. The number of amides is 1. The average Bonchev–Trinajstić information content (AvgIpc) is 3.02. The molecule has 1 aliphatic rings. The van der Waals surface area contributed by atoms with Crippen molar-refractivity contribution in [1.82, 2.24) is 15.8 Å². The first-order valence-corrected chi connectivity index (χ1v) is 7.45. The summed E-state index contributed by atoms with van der Waals surface area (Å²) in [7, 11) is 1.27. The molecule has 9 heteroatoms. The number of hydrogen-bond acceptors (Lipinski definition) is 6. The quantitative estimate of drug-likeness (QED) is 0.788. The van der Waals surface area contributed by atoms with Crippen molar-refractivity contribution in [3.8, 4) is 11.3 Å². The number of carbonyl (C=O) groups excluding carboxylic acids is 2.